The summed E-state index contributed by atoms with van der Waals surface area (Å²) in [4.78, 5) is 0. The molecule has 3 heteroatoms. The van der Waals surface area contributed by atoms with E-state index in [2.05, 4.69) is 0 Å². The summed E-state index contributed by atoms with van der Waals surface area (Å²) in [6.45, 7) is 2.39. The van der Waals surface area contributed by atoms with Gasteiger partial charge in [0, 0.05) is 25.2 Å². The van der Waals surface area contributed by atoms with E-state index < -0.39 is 0 Å². The van der Waals surface area contributed by atoms with Crippen LogP contribution in [0.4, 0.5) is 0 Å². The Morgan fingerprint density at radius 1 is 1.43 bits per heavy atom. The topological polar surface area (TPSA) is 55.5 Å². The summed E-state index contributed by atoms with van der Waals surface area (Å²) in [5.74, 6) is 0.631. The van der Waals surface area contributed by atoms with Crippen LogP contribution in [0.15, 0.2) is 0 Å². The van der Waals surface area contributed by atoms with E-state index in [1.54, 1.807) is 0 Å². The first-order chi connectivity index (χ1) is 6.77. The van der Waals surface area contributed by atoms with Crippen LogP contribution in [-0.2, 0) is 4.74 Å². The second kappa shape index (κ2) is 4.17. The Balaban J connectivity index is 1.97. The Morgan fingerprint density at radius 3 is 2.79 bits per heavy atom. The van der Waals surface area contributed by atoms with Crippen molar-refractivity contribution in [3.63, 3.8) is 0 Å². The summed E-state index contributed by atoms with van der Waals surface area (Å²) in [5.41, 5.74) is 5.85. The van der Waals surface area contributed by atoms with Crippen molar-refractivity contribution in [2.45, 2.75) is 38.2 Å². The SMILES string of the molecule is NCC1(CC2CCOC2)CCCC1O. The molecule has 14 heavy (non-hydrogen) atoms. The molecule has 0 aromatic carbocycles. The third kappa shape index (κ3) is 1.81. The van der Waals surface area contributed by atoms with Gasteiger partial charge in [0.05, 0.1) is 6.10 Å². The fourth-order valence-electron chi connectivity index (χ4n) is 3.00. The Kier molecular flexibility index (Phi) is 3.10. The molecule has 1 heterocycles. The second-order valence-corrected chi connectivity index (χ2v) is 4.91. The van der Waals surface area contributed by atoms with Crippen LogP contribution in [0.25, 0.3) is 0 Å². The highest BCUT2D eigenvalue weighted by Gasteiger charge is 2.42. The van der Waals surface area contributed by atoms with Gasteiger partial charge < -0.3 is 15.6 Å². The van der Waals surface area contributed by atoms with Crippen LogP contribution in [0.5, 0.6) is 0 Å². The molecule has 2 fully saturated rings. The number of aliphatic hydroxyl groups is 1. The molecule has 2 rings (SSSR count). The molecule has 82 valence electrons. The Bertz CT molecular complexity index is 192. The van der Waals surface area contributed by atoms with Gasteiger partial charge in [-0.05, 0) is 31.6 Å². The lowest BCUT2D eigenvalue weighted by atomic mass is 9.76. The quantitative estimate of drug-likeness (QED) is 0.710. The Hall–Kier alpha value is -0.120. The van der Waals surface area contributed by atoms with Gasteiger partial charge in [-0.1, -0.05) is 6.42 Å². The molecule has 3 atom stereocenters. The van der Waals surface area contributed by atoms with E-state index >= 15 is 0 Å². The van der Waals surface area contributed by atoms with Crippen LogP contribution in [0.2, 0.25) is 0 Å². The number of ether oxygens (including phenoxy) is 1. The molecule has 3 unspecified atom stereocenters. The monoisotopic (exact) mass is 199 g/mol. The molecule has 0 spiro atoms. The van der Waals surface area contributed by atoms with Crippen molar-refractivity contribution in [2.75, 3.05) is 19.8 Å². The van der Waals surface area contributed by atoms with Gasteiger partial charge in [-0.2, -0.15) is 0 Å². The van der Waals surface area contributed by atoms with Crippen LogP contribution in [-0.4, -0.2) is 31.0 Å². The zero-order valence-corrected chi connectivity index (χ0v) is 8.74. The normalized spacial score (nSPS) is 43.3. The average Bonchev–Trinajstić information content (AvgIpc) is 2.79. The molecular formula is C11H21NO2. The van der Waals surface area contributed by atoms with Crippen LogP contribution in [0, 0.1) is 11.3 Å². The van der Waals surface area contributed by atoms with Crippen molar-refractivity contribution in [3.05, 3.63) is 0 Å². The van der Waals surface area contributed by atoms with Gasteiger partial charge in [0.1, 0.15) is 0 Å². The lowest BCUT2D eigenvalue weighted by molar-refractivity contribution is 0.0371. The predicted octanol–water partition coefficient (Wildman–Crippen LogP) is 0.903. The summed E-state index contributed by atoms with van der Waals surface area (Å²) < 4.78 is 5.37. The predicted molar refractivity (Wildman–Crippen MR) is 54.9 cm³/mol. The largest absolute Gasteiger partial charge is 0.393 e. The Labute approximate surface area is 85.6 Å². The average molecular weight is 199 g/mol. The summed E-state index contributed by atoms with van der Waals surface area (Å²) >= 11 is 0. The van der Waals surface area contributed by atoms with Gasteiger partial charge >= 0.3 is 0 Å². The van der Waals surface area contributed by atoms with Crippen molar-refractivity contribution in [1.29, 1.82) is 0 Å². The molecule has 1 aliphatic carbocycles. The molecule has 0 radical (unpaired) electrons. The summed E-state index contributed by atoms with van der Waals surface area (Å²) in [6, 6.07) is 0. The van der Waals surface area contributed by atoms with Crippen molar-refractivity contribution in [2.24, 2.45) is 17.1 Å². The molecule has 1 aliphatic heterocycles. The van der Waals surface area contributed by atoms with E-state index in [1.165, 1.54) is 0 Å². The molecule has 0 bridgehead atoms. The molecule has 0 aromatic heterocycles. The maximum absolute atomic E-state index is 9.98. The first-order valence-corrected chi connectivity index (χ1v) is 5.73. The third-order valence-electron chi connectivity index (χ3n) is 3.98. The summed E-state index contributed by atoms with van der Waals surface area (Å²) in [5, 5.41) is 9.98. The number of nitrogens with two attached hydrogens (primary N) is 1. The van der Waals surface area contributed by atoms with Crippen molar-refractivity contribution < 1.29 is 9.84 Å². The minimum absolute atomic E-state index is 0.0123. The van der Waals surface area contributed by atoms with Gasteiger partial charge in [-0.25, -0.2) is 0 Å². The highest BCUT2D eigenvalue weighted by Crippen LogP contribution is 2.43. The highest BCUT2D eigenvalue weighted by molar-refractivity contribution is 4.94. The summed E-state index contributed by atoms with van der Waals surface area (Å²) in [6.07, 6.45) is 5.20. The molecule has 2 aliphatic rings. The van der Waals surface area contributed by atoms with Crippen LogP contribution < -0.4 is 5.73 Å². The summed E-state index contributed by atoms with van der Waals surface area (Å²) in [7, 11) is 0. The van der Waals surface area contributed by atoms with E-state index in [0.717, 1.165) is 45.3 Å². The molecule has 3 N–H and O–H groups in total. The highest BCUT2D eigenvalue weighted by atomic mass is 16.5. The molecular weight excluding hydrogens is 178 g/mol. The number of aliphatic hydroxyl groups excluding tert-OH is 1. The second-order valence-electron chi connectivity index (χ2n) is 4.91. The third-order valence-corrected chi connectivity index (χ3v) is 3.98. The molecule has 1 saturated carbocycles. The van der Waals surface area contributed by atoms with Crippen LogP contribution in [0.1, 0.15) is 32.1 Å². The molecule has 1 saturated heterocycles. The fourth-order valence-corrected chi connectivity index (χ4v) is 3.00. The maximum atomic E-state index is 9.98. The van der Waals surface area contributed by atoms with Gasteiger partial charge in [-0.15, -0.1) is 0 Å². The number of rotatable bonds is 3. The smallest absolute Gasteiger partial charge is 0.0608 e. The number of hydrogen-bond donors (Lipinski definition) is 2. The van der Waals surface area contributed by atoms with Gasteiger partial charge in [0.25, 0.3) is 0 Å². The van der Waals surface area contributed by atoms with Gasteiger partial charge in [0.15, 0.2) is 0 Å². The van der Waals surface area contributed by atoms with E-state index in [-0.39, 0.29) is 11.5 Å². The zero-order chi connectivity index (χ0) is 10.0. The van der Waals surface area contributed by atoms with Crippen LogP contribution >= 0.6 is 0 Å². The fraction of sp³-hybridized carbons (Fsp3) is 1.00. The first kappa shape index (κ1) is 10.4. The van der Waals surface area contributed by atoms with E-state index in [0.29, 0.717) is 12.5 Å². The molecule has 3 nitrogen and oxygen atoms in total. The first-order valence-electron chi connectivity index (χ1n) is 5.73. The maximum Gasteiger partial charge on any atom is 0.0608 e. The van der Waals surface area contributed by atoms with Crippen molar-refractivity contribution in [3.8, 4) is 0 Å². The van der Waals surface area contributed by atoms with Crippen LogP contribution in [0.3, 0.4) is 0 Å². The minimum Gasteiger partial charge on any atom is -0.393 e. The lowest BCUT2D eigenvalue weighted by Crippen LogP contribution is -2.39. The van der Waals surface area contributed by atoms with Crippen molar-refractivity contribution in [1.82, 2.24) is 0 Å². The lowest BCUT2D eigenvalue weighted by Gasteiger charge is -2.33. The standard InChI is InChI=1S/C11H21NO2/c12-8-11(4-1-2-10(11)13)6-9-3-5-14-7-9/h9-10,13H,1-8,12H2. The van der Waals surface area contributed by atoms with Crippen molar-refractivity contribution >= 4 is 0 Å². The van der Waals surface area contributed by atoms with E-state index in [9.17, 15) is 5.11 Å². The Morgan fingerprint density at radius 2 is 2.29 bits per heavy atom. The molecule has 0 amide bonds. The molecule has 0 aromatic rings. The number of hydrogen-bond acceptors (Lipinski definition) is 3. The zero-order valence-electron chi connectivity index (χ0n) is 8.74. The van der Waals surface area contributed by atoms with E-state index in [4.69, 9.17) is 10.5 Å². The van der Waals surface area contributed by atoms with Gasteiger partial charge in [-0.3, -0.25) is 0 Å². The van der Waals surface area contributed by atoms with E-state index in [1.807, 2.05) is 0 Å². The minimum atomic E-state index is -0.173. The van der Waals surface area contributed by atoms with Gasteiger partial charge in [0.2, 0.25) is 0 Å².